The highest BCUT2D eigenvalue weighted by Gasteiger charge is 2.30. The summed E-state index contributed by atoms with van der Waals surface area (Å²) < 4.78 is 26.1. The van der Waals surface area contributed by atoms with E-state index in [1.54, 1.807) is 37.4 Å². The highest BCUT2D eigenvalue weighted by atomic mass is 35.5. The number of hydrogen-bond acceptors (Lipinski definition) is 5. The van der Waals surface area contributed by atoms with Crippen LogP contribution in [0.25, 0.3) is 0 Å². The molecule has 0 aromatic heterocycles. The van der Waals surface area contributed by atoms with Crippen molar-refractivity contribution in [1.82, 2.24) is 4.31 Å². The van der Waals surface area contributed by atoms with E-state index < -0.39 is 20.7 Å². The molecule has 8 nitrogen and oxygen atoms in total. The van der Waals surface area contributed by atoms with E-state index in [4.69, 9.17) is 22.6 Å². The number of sulfonamides is 1. The fourth-order valence-corrected chi connectivity index (χ4v) is 3.91. The van der Waals surface area contributed by atoms with Crippen molar-refractivity contribution in [3.8, 4) is 11.9 Å². The summed E-state index contributed by atoms with van der Waals surface area (Å²) in [6.07, 6.45) is 1.59. The zero-order valence-corrected chi connectivity index (χ0v) is 16.5. The van der Waals surface area contributed by atoms with E-state index in [2.05, 4.69) is 4.99 Å². The largest absolute Gasteiger partial charge is 0.504 e. The fraction of sp³-hybridized carbons (Fsp3) is 0.176. The van der Waals surface area contributed by atoms with Crippen molar-refractivity contribution >= 4 is 39.0 Å². The van der Waals surface area contributed by atoms with Gasteiger partial charge in [0, 0.05) is 14.1 Å². The summed E-state index contributed by atoms with van der Waals surface area (Å²) in [5, 5.41) is 19.5. The number of aromatic hydroxyl groups is 1. The van der Waals surface area contributed by atoms with Crippen molar-refractivity contribution in [1.29, 1.82) is 5.26 Å². The van der Waals surface area contributed by atoms with Crippen LogP contribution in [-0.2, 0) is 10.0 Å². The normalized spacial score (nSPS) is 12.1. The van der Waals surface area contributed by atoms with Gasteiger partial charge in [-0.25, -0.2) is 12.7 Å². The SMILES string of the molecule is Cc1ccccc1N(C(N)=NC#N)c1ccc(Cl)c(S(=O)(=O)N(C)C)c1O. The second kappa shape index (κ2) is 7.84. The number of rotatable bonds is 4. The van der Waals surface area contributed by atoms with E-state index in [0.717, 1.165) is 9.87 Å². The zero-order valence-electron chi connectivity index (χ0n) is 14.9. The van der Waals surface area contributed by atoms with Gasteiger partial charge < -0.3 is 10.8 Å². The molecule has 2 aromatic rings. The summed E-state index contributed by atoms with van der Waals surface area (Å²) in [5.74, 6) is -0.840. The van der Waals surface area contributed by atoms with Crippen molar-refractivity contribution in [2.24, 2.45) is 10.7 Å². The van der Waals surface area contributed by atoms with Crippen molar-refractivity contribution in [2.45, 2.75) is 11.8 Å². The maximum Gasteiger partial charge on any atom is 0.247 e. The molecule has 0 bridgehead atoms. The molecule has 0 aliphatic heterocycles. The molecule has 0 saturated heterocycles. The zero-order chi connectivity index (χ0) is 20.4. The molecule has 27 heavy (non-hydrogen) atoms. The lowest BCUT2D eigenvalue weighted by atomic mass is 10.1. The minimum Gasteiger partial charge on any atom is -0.504 e. The molecule has 142 valence electrons. The highest BCUT2D eigenvalue weighted by molar-refractivity contribution is 7.89. The molecule has 2 aromatic carbocycles. The average Bonchev–Trinajstić information content (AvgIpc) is 2.58. The number of anilines is 2. The van der Waals surface area contributed by atoms with Gasteiger partial charge in [-0.2, -0.15) is 5.26 Å². The lowest BCUT2D eigenvalue weighted by molar-refractivity contribution is 0.454. The number of phenolic OH excluding ortho intramolecular Hbond substituents is 1. The van der Waals surface area contributed by atoms with E-state index in [1.807, 2.05) is 0 Å². The number of phenols is 1. The maximum atomic E-state index is 12.6. The summed E-state index contributed by atoms with van der Waals surface area (Å²) in [7, 11) is -1.40. The lowest BCUT2D eigenvalue weighted by Gasteiger charge is -2.27. The lowest BCUT2D eigenvalue weighted by Crippen LogP contribution is -2.34. The van der Waals surface area contributed by atoms with Gasteiger partial charge in [-0.3, -0.25) is 4.90 Å². The maximum absolute atomic E-state index is 12.6. The summed E-state index contributed by atoms with van der Waals surface area (Å²) >= 11 is 6.05. The minimum atomic E-state index is -4.05. The second-order valence-corrected chi connectivity index (χ2v) is 8.22. The van der Waals surface area contributed by atoms with Gasteiger partial charge in [0.1, 0.15) is 4.90 Å². The predicted octanol–water partition coefficient (Wildman–Crippen LogP) is 2.54. The van der Waals surface area contributed by atoms with E-state index in [1.165, 1.54) is 31.1 Å². The molecule has 0 atom stereocenters. The van der Waals surface area contributed by atoms with Crippen LogP contribution in [0.5, 0.6) is 5.75 Å². The molecule has 2 rings (SSSR count). The van der Waals surface area contributed by atoms with Crippen LogP contribution in [0.3, 0.4) is 0 Å². The van der Waals surface area contributed by atoms with Crippen LogP contribution in [0.15, 0.2) is 46.3 Å². The third kappa shape index (κ3) is 3.83. The Hall–Kier alpha value is -2.80. The Balaban J connectivity index is 2.85. The smallest absolute Gasteiger partial charge is 0.247 e. The van der Waals surface area contributed by atoms with Crippen molar-refractivity contribution < 1.29 is 13.5 Å². The van der Waals surface area contributed by atoms with Gasteiger partial charge in [0.2, 0.25) is 22.2 Å². The highest BCUT2D eigenvalue weighted by Crippen LogP contribution is 2.42. The first-order chi connectivity index (χ1) is 12.6. The Labute approximate surface area is 162 Å². The number of para-hydroxylation sites is 1. The summed E-state index contributed by atoms with van der Waals surface area (Å²) in [6.45, 7) is 1.80. The third-order valence-corrected chi connectivity index (χ3v) is 6.11. The molecule has 10 heteroatoms. The Morgan fingerprint density at radius 3 is 2.41 bits per heavy atom. The molecule has 0 unspecified atom stereocenters. The molecule has 0 radical (unpaired) electrons. The molecule has 0 saturated carbocycles. The second-order valence-electron chi connectivity index (χ2n) is 5.72. The quantitative estimate of drug-likeness (QED) is 0.456. The van der Waals surface area contributed by atoms with Gasteiger partial charge >= 0.3 is 0 Å². The number of aliphatic imine (C=N–C) groups is 1. The first-order valence-corrected chi connectivity index (χ1v) is 9.46. The summed E-state index contributed by atoms with van der Waals surface area (Å²) in [5.41, 5.74) is 7.23. The van der Waals surface area contributed by atoms with Crippen LogP contribution in [0.4, 0.5) is 11.4 Å². The van der Waals surface area contributed by atoms with Crippen LogP contribution < -0.4 is 10.6 Å². The molecule has 0 spiro atoms. The number of hydrogen-bond donors (Lipinski definition) is 2. The Morgan fingerprint density at radius 2 is 1.85 bits per heavy atom. The molecule has 0 heterocycles. The fourth-order valence-electron chi connectivity index (χ4n) is 2.44. The van der Waals surface area contributed by atoms with Crippen molar-refractivity contribution in [3.05, 3.63) is 47.0 Å². The van der Waals surface area contributed by atoms with Crippen LogP contribution >= 0.6 is 11.6 Å². The number of nitriles is 1. The van der Waals surface area contributed by atoms with Gasteiger partial charge in [-0.05, 0) is 30.7 Å². The molecule has 0 aliphatic carbocycles. The third-order valence-electron chi connectivity index (χ3n) is 3.79. The number of guanidine groups is 1. The summed E-state index contributed by atoms with van der Waals surface area (Å²) in [4.78, 5) is 4.36. The van der Waals surface area contributed by atoms with Crippen molar-refractivity contribution in [3.63, 3.8) is 0 Å². The van der Waals surface area contributed by atoms with Crippen LogP contribution in [0, 0.1) is 18.4 Å². The first-order valence-electron chi connectivity index (χ1n) is 7.65. The van der Waals surface area contributed by atoms with Gasteiger partial charge in [0.25, 0.3) is 0 Å². The van der Waals surface area contributed by atoms with Crippen LogP contribution in [0.1, 0.15) is 5.56 Å². The number of halogens is 1. The Bertz CT molecular complexity index is 1050. The molecule has 3 N–H and O–H groups in total. The van der Waals surface area contributed by atoms with Gasteiger partial charge in [0.15, 0.2) is 5.75 Å². The van der Waals surface area contributed by atoms with Gasteiger partial charge in [0.05, 0.1) is 16.4 Å². The molecular formula is C17H18ClN5O3S. The molecule has 0 fully saturated rings. The number of nitrogens with two attached hydrogens (primary N) is 1. The van der Waals surface area contributed by atoms with Gasteiger partial charge in [-0.15, -0.1) is 4.99 Å². The number of aryl methyl sites for hydroxylation is 1. The summed E-state index contributed by atoms with van der Waals surface area (Å²) in [6, 6.07) is 9.77. The van der Waals surface area contributed by atoms with Gasteiger partial charge in [-0.1, -0.05) is 29.8 Å². The number of benzene rings is 2. The predicted molar refractivity (Wildman–Crippen MR) is 105 cm³/mol. The van der Waals surface area contributed by atoms with Crippen LogP contribution in [0.2, 0.25) is 5.02 Å². The molecule has 0 aliphatic rings. The number of nitrogens with zero attached hydrogens (tertiary/aromatic N) is 4. The topological polar surface area (TPSA) is 123 Å². The Morgan fingerprint density at radius 1 is 1.22 bits per heavy atom. The van der Waals surface area contributed by atoms with E-state index >= 15 is 0 Å². The first kappa shape index (κ1) is 20.5. The van der Waals surface area contributed by atoms with Crippen molar-refractivity contribution in [2.75, 3.05) is 19.0 Å². The molecular weight excluding hydrogens is 390 g/mol. The van der Waals surface area contributed by atoms with E-state index in [-0.39, 0.29) is 16.7 Å². The average molecular weight is 408 g/mol. The minimum absolute atomic E-state index is 0.0191. The van der Waals surface area contributed by atoms with Crippen LogP contribution in [-0.4, -0.2) is 37.9 Å². The molecule has 0 amide bonds. The standard InChI is InChI=1S/C17H18ClN5O3S/c1-11-6-4-5-7-13(11)23(17(20)21-10-19)14-9-8-12(18)16(15(14)24)27(25,26)22(2)3/h4-9,24H,1-3H3,(H2,20,21). The van der Waals surface area contributed by atoms with E-state index in [0.29, 0.717) is 5.69 Å². The van der Waals surface area contributed by atoms with E-state index in [9.17, 15) is 13.5 Å². The Kier molecular flexibility index (Phi) is 5.95. The monoisotopic (exact) mass is 407 g/mol.